The summed E-state index contributed by atoms with van der Waals surface area (Å²) in [5, 5.41) is 1.94. The second-order valence-electron chi connectivity index (χ2n) is 3.18. The SMILES string of the molecule is Nc1cc(F)c(SCc2cccs2)c(F)c1. The third-order valence-electron chi connectivity index (χ3n) is 1.96. The molecule has 2 N–H and O–H groups in total. The average molecular weight is 257 g/mol. The average Bonchev–Trinajstić information content (AvgIpc) is 2.68. The van der Waals surface area contributed by atoms with Crippen molar-refractivity contribution in [1.29, 1.82) is 0 Å². The first-order valence-corrected chi connectivity index (χ1v) is 6.43. The van der Waals surface area contributed by atoms with E-state index in [1.54, 1.807) is 11.3 Å². The molecule has 0 fully saturated rings. The molecule has 1 aromatic heterocycles. The molecule has 0 radical (unpaired) electrons. The maximum absolute atomic E-state index is 13.4. The van der Waals surface area contributed by atoms with Crippen molar-refractivity contribution in [1.82, 2.24) is 0 Å². The van der Waals surface area contributed by atoms with Gasteiger partial charge in [0.15, 0.2) is 0 Å². The van der Waals surface area contributed by atoms with Gasteiger partial charge in [-0.05, 0) is 23.6 Å². The minimum absolute atomic E-state index is 0.0302. The zero-order valence-corrected chi connectivity index (χ0v) is 9.88. The summed E-state index contributed by atoms with van der Waals surface area (Å²) in [4.78, 5) is 1.11. The maximum Gasteiger partial charge on any atom is 0.141 e. The molecule has 0 aliphatic rings. The van der Waals surface area contributed by atoms with Crippen LogP contribution in [0.4, 0.5) is 14.5 Å². The van der Waals surface area contributed by atoms with Gasteiger partial charge in [-0.2, -0.15) is 0 Å². The molecule has 0 aliphatic heterocycles. The van der Waals surface area contributed by atoms with Gasteiger partial charge in [-0.15, -0.1) is 23.1 Å². The van der Waals surface area contributed by atoms with Crippen LogP contribution in [0.3, 0.4) is 0 Å². The van der Waals surface area contributed by atoms with Crippen LogP contribution in [0.5, 0.6) is 0 Å². The van der Waals surface area contributed by atoms with Crippen molar-refractivity contribution < 1.29 is 8.78 Å². The molecular formula is C11H9F2NS2. The second-order valence-corrected chi connectivity index (χ2v) is 5.20. The molecule has 1 heterocycles. The molecule has 1 nitrogen and oxygen atoms in total. The number of nitrogens with two attached hydrogens (primary N) is 1. The van der Waals surface area contributed by atoms with Gasteiger partial charge in [-0.1, -0.05) is 6.07 Å². The molecule has 5 heteroatoms. The molecule has 0 saturated heterocycles. The lowest BCUT2D eigenvalue weighted by Crippen LogP contribution is -1.93. The smallest absolute Gasteiger partial charge is 0.141 e. The molecule has 2 rings (SSSR count). The summed E-state index contributed by atoms with van der Waals surface area (Å²) in [6.07, 6.45) is 0. The van der Waals surface area contributed by atoms with E-state index in [0.29, 0.717) is 5.75 Å². The highest BCUT2D eigenvalue weighted by molar-refractivity contribution is 7.98. The topological polar surface area (TPSA) is 26.0 Å². The number of hydrogen-bond donors (Lipinski definition) is 1. The summed E-state index contributed by atoms with van der Waals surface area (Å²) in [5.74, 6) is -0.631. The Morgan fingerprint density at radius 2 is 1.94 bits per heavy atom. The Hall–Kier alpha value is -1.07. The van der Waals surface area contributed by atoms with Gasteiger partial charge in [0.2, 0.25) is 0 Å². The lowest BCUT2D eigenvalue weighted by molar-refractivity contribution is 0.542. The first-order chi connectivity index (χ1) is 7.66. The minimum Gasteiger partial charge on any atom is -0.399 e. The summed E-state index contributed by atoms with van der Waals surface area (Å²) in [7, 11) is 0. The molecule has 0 bridgehead atoms. The van der Waals surface area contributed by atoms with E-state index in [4.69, 9.17) is 5.73 Å². The van der Waals surface area contributed by atoms with Crippen LogP contribution in [-0.4, -0.2) is 0 Å². The van der Waals surface area contributed by atoms with Crippen molar-refractivity contribution in [3.05, 3.63) is 46.2 Å². The van der Waals surface area contributed by atoms with Gasteiger partial charge >= 0.3 is 0 Å². The fraction of sp³-hybridized carbons (Fsp3) is 0.0909. The maximum atomic E-state index is 13.4. The van der Waals surface area contributed by atoms with Crippen molar-refractivity contribution in [2.45, 2.75) is 10.6 Å². The Balaban J connectivity index is 2.15. The Labute approximate surface area is 100 Å². The molecule has 0 saturated carbocycles. The summed E-state index contributed by atoms with van der Waals surface area (Å²) in [5.41, 5.74) is 5.44. The van der Waals surface area contributed by atoms with Crippen molar-refractivity contribution in [3.63, 3.8) is 0 Å². The summed E-state index contributed by atoms with van der Waals surface area (Å²) >= 11 is 2.71. The quantitative estimate of drug-likeness (QED) is 0.666. The standard InChI is InChI=1S/C11H9F2NS2/c12-9-4-7(14)5-10(13)11(9)16-6-8-2-1-3-15-8/h1-5H,6,14H2. The number of nitrogen functional groups attached to an aromatic ring is 1. The summed E-state index contributed by atoms with van der Waals surface area (Å²) in [6, 6.07) is 6.13. The molecule has 0 amide bonds. The van der Waals surface area contributed by atoms with E-state index in [0.717, 1.165) is 28.8 Å². The largest absolute Gasteiger partial charge is 0.399 e. The zero-order chi connectivity index (χ0) is 11.5. The zero-order valence-electron chi connectivity index (χ0n) is 8.24. The van der Waals surface area contributed by atoms with E-state index in [2.05, 4.69) is 0 Å². The number of benzene rings is 1. The number of rotatable bonds is 3. The van der Waals surface area contributed by atoms with E-state index in [1.165, 1.54) is 0 Å². The first-order valence-electron chi connectivity index (χ1n) is 4.56. The molecule has 1 aromatic carbocycles. The van der Waals surface area contributed by atoms with Crippen molar-refractivity contribution in [3.8, 4) is 0 Å². The van der Waals surface area contributed by atoms with Crippen molar-refractivity contribution >= 4 is 28.8 Å². The van der Waals surface area contributed by atoms with Gasteiger partial charge in [-0.3, -0.25) is 0 Å². The minimum atomic E-state index is -0.598. The van der Waals surface area contributed by atoms with Gasteiger partial charge < -0.3 is 5.73 Å². The Morgan fingerprint density at radius 3 is 2.50 bits per heavy atom. The van der Waals surface area contributed by atoms with E-state index in [1.807, 2.05) is 17.5 Å². The van der Waals surface area contributed by atoms with E-state index < -0.39 is 11.6 Å². The van der Waals surface area contributed by atoms with Crippen LogP contribution in [-0.2, 0) is 5.75 Å². The summed E-state index contributed by atoms with van der Waals surface area (Å²) < 4.78 is 26.8. The number of thioether (sulfide) groups is 1. The molecular weight excluding hydrogens is 248 g/mol. The van der Waals surface area contributed by atoms with Crippen LogP contribution < -0.4 is 5.73 Å². The van der Waals surface area contributed by atoms with Crippen LogP contribution in [0.15, 0.2) is 34.5 Å². The van der Waals surface area contributed by atoms with Crippen molar-refractivity contribution in [2.75, 3.05) is 5.73 Å². The number of hydrogen-bond acceptors (Lipinski definition) is 3. The van der Waals surface area contributed by atoms with E-state index in [-0.39, 0.29) is 10.6 Å². The third kappa shape index (κ3) is 2.54. The molecule has 0 aliphatic carbocycles. The molecule has 2 aromatic rings. The second kappa shape index (κ2) is 4.84. The first kappa shape index (κ1) is 11.4. The molecule has 0 unspecified atom stereocenters. The third-order valence-corrected chi connectivity index (χ3v) is 4.15. The molecule has 0 atom stereocenters. The van der Waals surface area contributed by atoms with Crippen LogP contribution in [0.25, 0.3) is 0 Å². The van der Waals surface area contributed by atoms with Gasteiger partial charge in [0.25, 0.3) is 0 Å². The molecule has 0 spiro atoms. The fourth-order valence-corrected chi connectivity index (χ4v) is 2.97. The van der Waals surface area contributed by atoms with Crippen molar-refractivity contribution in [2.24, 2.45) is 0 Å². The van der Waals surface area contributed by atoms with Gasteiger partial charge in [0, 0.05) is 16.3 Å². The predicted molar refractivity (Wildman–Crippen MR) is 64.7 cm³/mol. The Morgan fingerprint density at radius 1 is 1.25 bits per heavy atom. The highest BCUT2D eigenvalue weighted by atomic mass is 32.2. The lowest BCUT2D eigenvalue weighted by Gasteiger charge is -2.04. The molecule has 84 valence electrons. The van der Waals surface area contributed by atoms with Crippen LogP contribution in [0, 0.1) is 11.6 Å². The van der Waals surface area contributed by atoms with Gasteiger partial charge in [0.05, 0.1) is 4.90 Å². The highest BCUT2D eigenvalue weighted by Crippen LogP contribution is 2.30. The van der Waals surface area contributed by atoms with Crippen LogP contribution >= 0.6 is 23.1 Å². The van der Waals surface area contributed by atoms with Crippen LogP contribution in [0.2, 0.25) is 0 Å². The monoisotopic (exact) mass is 257 g/mol. The van der Waals surface area contributed by atoms with Gasteiger partial charge in [0.1, 0.15) is 11.6 Å². The van der Waals surface area contributed by atoms with Crippen LogP contribution in [0.1, 0.15) is 4.88 Å². The normalized spacial score (nSPS) is 10.6. The van der Waals surface area contributed by atoms with E-state index in [9.17, 15) is 8.78 Å². The Kier molecular flexibility index (Phi) is 3.46. The highest BCUT2D eigenvalue weighted by Gasteiger charge is 2.11. The fourth-order valence-electron chi connectivity index (χ4n) is 1.26. The number of halogens is 2. The number of anilines is 1. The Bertz CT molecular complexity index is 460. The predicted octanol–water partition coefficient (Wildman–Crippen LogP) is 3.90. The summed E-state index contributed by atoms with van der Waals surface area (Å²) in [6.45, 7) is 0. The van der Waals surface area contributed by atoms with E-state index >= 15 is 0 Å². The molecule has 16 heavy (non-hydrogen) atoms. The lowest BCUT2D eigenvalue weighted by atomic mass is 10.3. The van der Waals surface area contributed by atoms with Gasteiger partial charge in [-0.25, -0.2) is 8.78 Å². The number of thiophene rings is 1.